The summed E-state index contributed by atoms with van der Waals surface area (Å²) in [6.45, 7) is 4.18. The Morgan fingerprint density at radius 2 is 2.03 bits per heavy atom. The Hall–Kier alpha value is -3.19. The number of nitrogens with one attached hydrogen (secondary N) is 1. The molecule has 3 rings (SSSR count). The zero-order valence-electron chi connectivity index (χ0n) is 17.0. The quantitative estimate of drug-likeness (QED) is 0.511. The van der Waals surface area contributed by atoms with E-state index in [-0.39, 0.29) is 17.7 Å². The number of halogens is 1. The molecule has 0 bridgehead atoms. The highest BCUT2D eigenvalue weighted by atomic mass is 32.1. The number of amides is 1. The Labute approximate surface area is 179 Å². The summed E-state index contributed by atoms with van der Waals surface area (Å²) >= 11 is 1.59. The van der Waals surface area contributed by atoms with E-state index in [9.17, 15) is 9.18 Å². The van der Waals surface area contributed by atoms with Gasteiger partial charge < -0.3 is 14.8 Å². The fourth-order valence-electron chi connectivity index (χ4n) is 2.78. The van der Waals surface area contributed by atoms with Crippen LogP contribution in [0.3, 0.4) is 0 Å². The molecule has 0 aliphatic rings. The van der Waals surface area contributed by atoms with Crippen LogP contribution in [0.15, 0.2) is 53.9 Å². The maximum atomic E-state index is 13.8. The van der Waals surface area contributed by atoms with Crippen molar-refractivity contribution in [3.8, 4) is 11.5 Å². The number of ether oxygens (including phenoxy) is 2. The first-order valence-corrected chi connectivity index (χ1v) is 10.3. The van der Waals surface area contributed by atoms with Crippen LogP contribution < -0.4 is 14.8 Å². The fraction of sp³-hybridized carbons (Fsp3) is 0.217. The second-order valence-corrected chi connectivity index (χ2v) is 7.74. The molecule has 2 aromatic carbocycles. The van der Waals surface area contributed by atoms with Gasteiger partial charge in [-0.15, -0.1) is 11.3 Å². The minimum atomic E-state index is -0.459. The van der Waals surface area contributed by atoms with Gasteiger partial charge in [0.15, 0.2) is 11.6 Å². The largest absolute Gasteiger partial charge is 0.494 e. The van der Waals surface area contributed by atoms with Gasteiger partial charge in [-0.25, -0.2) is 9.37 Å². The number of carbonyl (C=O) groups is 1. The Morgan fingerprint density at radius 3 is 2.67 bits per heavy atom. The van der Waals surface area contributed by atoms with Crippen molar-refractivity contribution >= 4 is 23.3 Å². The minimum Gasteiger partial charge on any atom is -0.494 e. The molecular weight excluding hydrogens is 403 g/mol. The average Bonchev–Trinajstić information content (AvgIpc) is 3.16. The third-order valence-electron chi connectivity index (χ3n) is 4.40. The van der Waals surface area contributed by atoms with Crippen LogP contribution in [0.4, 0.5) is 4.39 Å². The van der Waals surface area contributed by atoms with E-state index >= 15 is 0 Å². The van der Waals surface area contributed by atoms with Gasteiger partial charge in [0, 0.05) is 11.5 Å². The van der Waals surface area contributed by atoms with Gasteiger partial charge in [0.05, 0.1) is 23.9 Å². The van der Waals surface area contributed by atoms with Crippen LogP contribution in [0.1, 0.15) is 34.8 Å². The van der Waals surface area contributed by atoms with Crippen molar-refractivity contribution in [2.75, 3.05) is 7.11 Å². The average molecular weight is 427 g/mol. The summed E-state index contributed by atoms with van der Waals surface area (Å²) in [5.41, 5.74) is 2.43. The van der Waals surface area contributed by atoms with Gasteiger partial charge in [0.1, 0.15) is 12.4 Å². The number of carbonyl (C=O) groups excluding carboxylic acids is 1. The van der Waals surface area contributed by atoms with Crippen molar-refractivity contribution < 1.29 is 18.7 Å². The lowest BCUT2D eigenvalue weighted by atomic mass is 10.1. The molecule has 0 saturated carbocycles. The highest BCUT2D eigenvalue weighted by Gasteiger charge is 2.11. The molecular formula is C23H23FN2O3S. The van der Waals surface area contributed by atoms with Crippen LogP contribution in [-0.2, 0) is 11.4 Å². The summed E-state index contributed by atoms with van der Waals surface area (Å²) in [6, 6.07) is 11.7. The first-order valence-electron chi connectivity index (χ1n) is 9.40. The normalized spacial score (nSPS) is 12.0. The van der Waals surface area contributed by atoms with E-state index in [0.717, 1.165) is 22.0 Å². The highest BCUT2D eigenvalue weighted by molar-refractivity contribution is 7.09. The predicted molar refractivity (Wildman–Crippen MR) is 116 cm³/mol. The molecule has 1 N–H and O–H groups in total. The van der Waals surface area contributed by atoms with Crippen LogP contribution >= 0.6 is 11.3 Å². The molecule has 7 heteroatoms. The number of nitrogens with zero attached hydrogens (tertiary/aromatic N) is 1. The highest BCUT2D eigenvalue weighted by Crippen LogP contribution is 2.22. The zero-order valence-corrected chi connectivity index (χ0v) is 17.8. The Balaban J connectivity index is 1.52. The summed E-state index contributed by atoms with van der Waals surface area (Å²) in [5.74, 6) is 0.181. The number of aryl methyl sites for hydroxylation is 1. The molecule has 1 atom stereocenters. The van der Waals surface area contributed by atoms with Crippen molar-refractivity contribution in [2.24, 2.45) is 0 Å². The number of hydrogen-bond acceptors (Lipinski definition) is 5. The third-order valence-corrected chi connectivity index (χ3v) is 5.22. The fourth-order valence-corrected chi connectivity index (χ4v) is 3.37. The van der Waals surface area contributed by atoms with Crippen LogP contribution in [0, 0.1) is 12.7 Å². The van der Waals surface area contributed by atoms with E-state index in [0.29, 0.717) is 12.2 Å². The number of hydrogen-bond donors (Lipinski definition) is 1. The predicted octanol–water partition coefficient (Wildman–Crippen LogP) is 5.07. The number of aromatic nitrogens is 1. The van der Waals surface area contributed by atoms with Gasteiger partial charge in [-0.05, 0) is 55.3 Å². The zero-order chi connectivity index (χ0) is 21.5. The maximum absolute atomic E-state index is 13.8. The lowest BCUT2D eigenvalue weighted by molar-refractivity contribution is -0.117. The minimum absolute atomic E-state index is 0.172. The molecule has 0 aliphatic carbocycles. The number of methoxy groups -OCH3 is 1. The summed E-state index contributed by atoms with van der Waals surface area (Å²) in [7, 11) is 1.41. The summed E-state index contributed by atoms with van der Waals surface area (Å²) < 4.78 is 24.5. The molecule has 1 aromatic heterocycles. The monoisotopic (exact) mass is 426 g/mol. The third kappa shape index (κ3) is 5.90. The van der Waals surface area contributed by atoms with E-state index in [1.807, 2.05) is 36.6 Å². The van der Waals surface area contributed by atoms with Gasteiger partial charge in [0.2, 0.25) is 5.91 Å². The number of thiazole rings is 1. The smallest absolute Gasteiger partial charge is 0.244 e. The lowest BCUT2D eigenvalue weighted by Gasteiger charge is -2.14. The van der Waals surface area contributed by atoms with E-state index in [4.69, 9.17) is 9.47 Å². The van der Waals surface area contributed by atoms with Crippen LogP contribution in [0.25, 0.3) is 6.08 Å². The van der Waals surface area contributed by atoms with Crippen molar-refractivity contribution in [1.82, 2.24) is 10.3 Å². The second-order valence-electron chi connectivity index (χ2n) is 6.67. The first-order chi connectivity index (χ1) is 14.4. The second kappa shape index (κ2) is 10.0. The Morgan fingerprint density at radius 1 is 1.27 bits per heavy atom. The lowest BCUT2D eigenvalue weighted by Crippen LogP contribution is -2.24. The molecule has 3 aromatic rings. The van der Waals surface area contributed by atoms with E-state index in [2.05, 4.69) is 10.3 Å². The number of rotatable bonds is 8. The summed E-state index contributed by atoms with van der Waals surface area (Å²) in [4.78, 5) is 16.6. The van der Waals surface area contributed by atoms with Gasteiger partial charge in [0.25, 0.3) is 0 Å². The SMILES string of the molecule is COc1ccc(C(C)NC(=O)/C=C/c2ccc(OCc3csc(C)n3)cc2)cc1F. The van der Waals surface area contributed by atoms with Crippen LogP contribution in [0.5, 0.6) is 11.5 Å². The molecule has 30 heavy (non-hydrogen) atoms. The molecule has 0 aliphatic heterocycles. The van der Waals surface area contributed by atoms with E-state index < -0.39 is 5.82 Å². The van der Waals surface area contributed by atoms with E-state index in [1.165, 1.54) is 19.3 Å². The molecule has 0 radical (unpaired) electrons. The number of benzene rings is 2. The molecule has 5 nitrogen and oxygen atoms in total. The maximum Gasteiger partial charge on any atom is 0.244 e. The molecule has 1 heterocycles. The van der Waals surface area contributed by atoms with Crippen LogP contribution in [0.2, 0.25) is 0 Å². The van der Waals surface area contributed by atoms with E-state index in [1.54, 1.807) is 36.5 Å². The van der Waals surface area contributed by atoms with Crippen LogP contribution in [-0.4, -0.2) is 18.0 Å². The van der Waals surface area contributed by atoms with Gasteiger partial charge >= 0.3 is 0 Å². The molecule has 0 fully saturated rings. The van der Waals surface area contributed by atoms with Crippen molar-refractivity contribution in [2.45, 2.75) is 26.5 Å². The van der Waals surface area contributed by atoms with Gasteiger partial charge in [-0.2, -0.15) is 0 Å². The molecule has 0 spiro atoms. The van der Waals surface area contributed by atoms with Crippen molar-refractivity contribution in [1.29, 1.82) is 0 Å². The summed E-state index contributed by atoms with van der Waals surface area (Å²) in [6.07, 6.45) is 3.16. The topological polar surface area (TPSA) is 60.5 Å². The summed E-state index contributed by atoms with van der Waals surface area (Å²) in [5, 5.41) is 5.81. The molecule has 0 saturated heterocycles. The standard InChI is InChI=1S/C23H23FN2O3S/c1-15(18-7-10-22(28-3)21(24)12-18)25-23(27)11-6-17-4-8-20(9-5-17)29-13-19-14-30-16(2)26-19/h4-12,14-15H,13H2,1-3H3,(H,25,27)/b11-6+. The Bertz CT molecular complexity index is 1030. The molecule has 1 unspecified atom stereocenters. The Kier molecular flexibility index (Phi) is 7.19. The van der Waals surface area contributed by atoms with Crippen molar-refractivity contribution in [3.05, 3.63) is 81.6 Å². The molecule has 1 amide bonds. The van der Waals surface area contributed by atoms with Crippen molar-refractivity contribution in [3.63, 3.8) is 0 Å². The first kappa shape index (κ1) is 21.5. The van der Waals surface area contributed by atoms with Gasteiger partial charge in [-0.3, -0.25) is 4.79 Å². The van der Waals surface area contributed by atoms with Gasteiger partial charge in [-0.1, -0.05) is 18.2 Å². The molecule has 156 valence electrons.